The van der Waals surface area contributed by atoms with Crippen LogP contribution in [0.4, 0.5) is 0 Å². The minimum absolute atomic E-state index is 1.31. The quantitative estimate of drug-likeness (QED) is 0.615. The van der Waals surface area contributed by atoms with Gasteiger partial charge in [-0.15, -0.1) is 0 Å². The Balaban J connectivity index is 1.87. The van der Waals surface area contributed by atoms with Crippen molar-refractivity contribution in [2.75, 3.05) is 0 Å². The summed E-state index contributed by atoms with van der Waals surface area (Å²) in [5.41, 5.74) is 4.91. The van der Waals surface area contributed by atoms with Crippen LogP contribution in [-0.4, -0.2) is 0 Å². The Labute approximate surface area is 87.3 Å². The van der Waals surface area contributed by atoms with Gasteiger partial charge < -0.3 is 0 Å². The molecule has 1 aromatic carbocycles. The lowest BCUT2D eigenvalue weighted by Gasteiger charge is -2.22. The first-order valence-electron chi connectivity index (χ1n) is 6.01. The molecule has 0 bridgehead atoms. The zero-order valence-electron chi connectivity index (χ0n) is 9.18. The van der Waals surface area contributed by atoms with Crippen LogP contribution in [0.2, 0.25) is 0 Å². The van der Waals surface area contributed by atoms with Gasteiger partial charge in [0.05, 0.1) is 0 Å². The highest BCUT2D eigenvalue weighted by molar-refractivity contribution is 5.41. The summed E-state index contributed by atoms with van der Waals surface area (Å²) in [6.45, 7) is 2.27. The van der Waals surface area contributed by atoms with Gasteiger partial charge in [0.2, 0.25) is 0 Å². The molecule has 0 fully saturated rings. The van der Waals surface area contributed by atoms with E-state index in [-0.39, 0.29) is 0 Å². The summed E-state index contributed by atoms with van der Waals surface area (Å²) in [5, 5.41) is 0. The third-order valence-corrected chi connectivity index (χ3v) is 3.31. The Kier molecular flexibility index (Phi) is 3.23. The van der Waals surface area contributed by atoms with Gasteiger partial charge in [-0.1, -0.05) is 44.4 Å². The molecule has 0 saturated carbocycles. The fraction of sp³-hybridized carbons (Fsp3) is 0.571. The standard InChI is InChI=1S/C14H20/c1-2-3-4-5-7-12-8-6-9-13-10-11-14(12)13/h6,8-9H,2-5,7,10-11H2,1H3. The number of fused-ring (bicyclic) bond motifs is 1. The Morgan fingerprint density at radius 2 is 2.00 bits per heavy atom. The lowest BCUT2D eigenvalue weighted by Crippen LogP contribution is -2.11. The van der Waals surface area contributed by atoms with Crippen LogP contribution in [0.15, 0.2) is 18.2 Å². The molecule has 0 aromatic heterocycles. The lowest BCUT2D eigenvalue weighted by molar-refractivity contribution is 0.659. The van der Waals surface area contributed by atoms with Crippen molar-refractivity contribution in [3.05, 3.63) is 34.9 Å². The van der Waals surface area contributed by atoms with Crippen molar-refractivity contribution in [1.29, 1.82) is 0 Å². The predicted molar refractivity (Wildman–Crippen MR) is 61.7 cm³/mol. The van der Waals surface area contributed by atoms with E-state index in [1.807, 2.05) is 0 Å². The molecule has 2 rings (SSSR count). The van der Waals surface area contributed by atoms with Crippen molar-refractivity contribution in [3.8, 4) is 0 Å². The van der Waals surface area contributed by atoms with Crippen LogP contribution < -0.4 is 0 Å². The Hall–Kier alpha value is -0.780. The van der Waals surface area contributed by atoms with Gasteiger partial charge in [-0.2, -0.15) is 0 Å². The summed E-state index contributed by atoms with van der Waals surface area (Å²) in [6, 6.07) is 6.84. The van der Waals surface area contributed by atoms with Gasteiger partial charge >= 0.3 is 0 Å². The van der Waals surface area contributed by atoms with Gasteiger partial charge in [0, 0.05) is 0 Å². The minimum atomic E-state index is 1.31. The zero-order valence-corrected chi connectivity index (χ0v) is 9.18. The van der Waals surface area contributed by atoms with E-state index in [9.17, 15) is 0 Å². The molecule has 0 atom stereocenters. The highest BCUT2D eigenvalue weighted by Gasteiger charge is 2.15. The van der Waals surface area contributed by atoms with Crippen LogP contribution in [0.1, 0.15) is 49.3 Å². The van der Waals surface area contributed by atoms with Gasteiger partial charge in [0.25, 0.3) is 0 Å². The second-order valence-electron chi connectivity index (χ2n) is 4.37. The second-order valence-corrected chi connectivity index (χ2v) is 4.37. The smallest absolute Gasteiger partial charge is 0.0233 e. The van der Waals surface area contributed by atoms with Crippen LogP contribution in [0.25, 0.3) is 0 Å². The number of unbranched alkanes of at least 4 members (excludes halogenated alkanes) is 3. The van der Waals surface area contributed by atoms with Crippen LogP contribution in [-0.2, 0) is 19.3 Å². The van der Waals surface area contributed by atoms with Gasteiger partial charge in [0.15, 0.2) is 0 Å². The molecule has 0 N–H and O–H groups in total. The molecular weight excluding hydrogens is 168 g/mol. The molecule has 76 valence electrons. The molecule has 1 aliphatic rings. The van der Waals surface area contributed by atoms with Crippen molar-refractivity contribution < 1.29 is 0 Å². The third-order valence-electron chi connectivity index (χ3n) is 3.31. The first-order valence-corrected chi connectivity index (χ1v) is 6.01. The average molecular weight is 188 g/mol. The highest BCUT2D eigenvalue weighted by atomic mass is 14.2. The van der Waals surface area contributed by atoms with E-state index < -0.39 is 0 Å². The number of aryl methyl sites for hydroxylation is 2. The van der Waals surface area contributed by atoms with E-state index in [4.69, 9.17) is 0 Å². The number of benzene rings is 1. The highest BCUT2D eigenvalue weighted by Crippen LogP contribution is 2.27. The zero-order chi connectivity index (χ0) is 9.80. The van der Waals surface area contributed by atoms with Crippen molar-refractivity contribution in [2.24, 2.45) is 0 Å². The summed E-state index contributed by atoms with van der Waals surface area (Å²) in [7, 11) is 0. The van der Waals surface area contributed by atoms with Gasteiger partial charge in [0.1, 0.15) is 0 Å². The molecule has 0 heteroatoms. The summed E-state index contributed by atoms with van der Waals surface area (Å²) >= 11 is 0. The van der Waals surface area contributed by atoms with Crippen LogP contribution in [0.5, 0.6) is 0 Å². The van der Waals surface area contributed by atoms with Gasteiger partial charge in [-0.25, -0.2) is 0 Å². The van der Waals surface area contributed by atoms with Gasteiger partial charge in [-0.3, -0.25) is 0 Å². The van der Waals surface area contributed by atoms with Crippen LogP contribution in [0, 0.1) is 0 Å². The van der Waals surface area contributed by atoms with Crippen LogP contribution in [0.3, 0.4) is 0 Å². The topological polar surface area (TPSA) is 0 Å². The molecule has 0 unspecified atom stereocenters. The third kappa shape index (κ3) is 2.00. The average Bonchev–Trinajstić information content (AvgIpc) is 2.15. The van der Waals surface area contributed by atoms with E-state index in [1.54, 1.807) is 16.7 Å². The van der Waals surface area contributed by atoms with Crippen LogP contribution >= 0.6 is 0 Å². The summed E-state index contributed by atoms with van der Waals surface area (Å²) in [4.78, 5) is 0. The maximum absolute atomic E-state index is 2.32. The molecule has 0 radical (unpaired) electrons. The summed E-state index contributed by atoms with van der Waals surface area (Å²) in [5.74, 6) is 0. The van der Waals surface area contributed by atoms with Gasteiger partial charge in [-0.05, 0) is 42.4 Å². The number of hydrogen-bond donors (Lipinski definition) is 0. The Morgan fingerprint density at radius 3 is 2.71 bits per heavy atom. The van der Waals surface area contributed by atoms with E-state index >= 15 is 0 Å². The fourth-order valence-corrected chi connectivity index (χ4v) is 2.30. The molecule has 1 aromatic rings. The summed E-state index contributed by atoms with van der Waals surface area (Å²) < 4.78 is 0. The first-order chi connectivity index (χ1) is 6.92. The van der Waals surface area contributed by atoms with E-state index in [2.05, 4.69) is 25.1 Å². The molecular formula is C14H20. The normalized spacial score (nSPS) is 13.5. The van der Waals surface area contributed by atoms with E-state index in [0.29, 0.717) is 0 Å². The Morgan fingerprint density at radius 1 is 1.07 bits per heavy atom. The van der Waals surface area contributed by atoms with E-state index in [0.717, 1.165) is 0 Å². The lowest BCUT2D eigenvalue weighted by atomic mass is 9.83. The monoisotopic (exact) mass is 188 g/mol. The molecule has 14 heavy (non-hydrogen) atoms. The Bertz CT molecular complexity index is 299. The molecule has 0 spiro atoms. The predicted octanol–water partition coefficient (Wildman–Crippen LogP) is 3.91. The maximum atomic E-state index is 2.32. The van der Waals surface area contributed by atoms with Crippen molar-refractivity contribution >= 4 is 0 Å². The molecule has 0 nitrogen and oxygen atoms in total. The summed E-state index contributed by atoms with van der Waals surface area (Å²) in [6.07, 6.45) is 9.48. The molecule has 0 heterocycles. The number of hydrogen-bond acceptors (Lipinski definition) is 0. The SMILES string of the molecule is CCCCCCc1cccc2c1CC2. The first kappa shape index (κ1) is 9.76. The molecule has 1 aliphatic carbocycles. The molecule has 0 amide bonds. The van der Waals surface area contributed by atoms with Crippen molar-refractivity contribution in [2.45, 2.75) is 51.9 Å². The van der Waals surface area contributed by atoms with E-state index in [1.165, 1.54) is 44.9 Å². The maximum Gasteiger partial charge on any atom is -0.0233 e. The van der Waals surface area contributed by atoms with Crippen molar-refractivity contribution in [1.82, 2.24) is 0 Å². The molecule has 0 aliphatic heterocycles. The second kappa shape index (κ2) is 4.63. The molecule has 0 saturated heterocycles. The minimum Gasteiger partial charge on any atom is -0.0654 e. The fourth-order valence-electron chi connectivity index (χ4n) is 2.30. The largest absolute Gasteiger partial charge is 0.0654 e. The van der Waals surface area contributed by atoms with Crippen molar-refractivity contribution in [3.63, 3.8) is 0 Å². The number of rotatable bonds is 5.